The van der Waals surface area contributed by atoms with Crippen LogP contribution >= 0.6 is 0 Å². The van der Waals surface area contributed by atoms with Crippen LogP contribution in [0.1, 0.15) is 18.3 Å². The summed E-state index contributed by atoms with van der Waals surface area (Å²) in [6, 6.07) is 3.21. The van der Waals surface area contributed by atoms with Crippen molar-refractivity contribution in [2.24, 2.45) is 13.0 Å². The third kappa shape index (κ3) is 3.48. The molecular formula is C13H18N6O3. The zero-order valence-electron chi connectivity index (χ0n) is 12.7. The normalized spacial score (nSPS) is 12.1. The van der Waals surface area contributed by atoms with Crippen LogP contribution in [0.5, 0.6) is 0 Å². The Hall–Kier alpha value is -2.71. The van der Waals surface area contributed by atoms with Crippen molar-refractivity contribution in [3.05, 3.63) is 39.8 Å². The van der Waals surface area contributed by atoms with Gasteiger partial charge in [0.1, 0.15) is 0 Å². The van der Waals surface area contributed by atoms with Gasteiger partial charge in [0.2, 0.25) is 5.91 Å². The molecule has 22 heavy (non-hydrogen) atoms. The van der Waals surface area contributed by atoms with Crippen LogP contribution in [0.15, 0.2) is 18.3 Å². The van der Waals surface area contributed by atoms with Crippen molar-refractivity contribution >= 4 is 11.7 Å². The fourth-order valence-corrected chi connectivity index (χ4v) is 2.04. The molecule has 0 radical (unpaired) electrons. The predicted molar refractivity (Wildman–Crippen MR) is 77.8 cm³/mol. The Labute approximate surface area is 127 Å². The van der Waals surface area contributed by atoms with Crippen molar-refractivity contribution in [1.29, 1.82) is 0 Å². The van der Waals surface area contributed by atoms with Crippen molar-refractivity contribution < 1.29 is 9.72 Å². The zero-order valence-corrected chi connectivity index (χ0v) is 12.7. The molecule has 0 aliphatic rings. The molecule has 0 bridgehead atoms. The first-order valence-corrected chi connectivity index (χ1v) is 6.82. The number of amides is 1. The maximum Gasteiger partial charge on any atom is 0.390 e. The maximum atomic E-state index is 12.1. The number of nitro groups is 1. The van der Waals surface area contributed by atoms with Gasteiger partial charge >= 0.3 is 5.82 Å². The Kier molecular flexibility index (Phi) is 4.54. The van der Waals surface area contributed by atoms with Crippen LogP contribution in [0.3, 0.4) is 0 Å². The Morgan fingerprint density at radius 1 is 1.55 bits per heavy atom. The fraction of sp³-hybridized carbons (Fsp3) is 0.462. The van der Waals surface area contributed by atoms with Gasteiger partial charge in [0, 0.05) is 13.2 Å². The molecule has 0 spiro atoms. The van der Waals surface area contributed by atoms with Gasteiger partial charge in [0.25, 0.3) is 0 Å². The first kappa shape index (κ1) is 15.7. The van der Waals surface area contributed by atoms with Gasteiger partial charge in [0.15, 0.2) is 0 Å². The summed E-state index contributed by atoms with van der Waals surface area (Å²) in [5.74, 6) is -0.704. The van der Waals surface area contributed by atoms with Crippen LogP contribution in [-0.4, -0.2) is 30.4 Å². The number of nitrogens with one attached hydrogen (secondary N) is 1. The Bertz CT molecular complexity index is 690. The number of hydrogen-bond acceptors (Lipinski definition) is 5. The highest BCUT2D eigenvalue weighted by Gasteiger charge is 2.20. The summed E-state index contributed by atoms with van der Waals surface area (Å²) in [6.07, 6.45) is 1.66. The molecule has 0 fully saturated rings. The van der Waals surface area contributed by atoms with Crippen LogP contribution in [0.25, 0.3) is 0 Å². The fourth-order valence-electron chi connectivity index (χ4n) is 2.04. The van der Waals surface area contributed by atoms with Crippen molar-refractivity contribution in [2.45, 2.75) is 26.9 Å². The molecule has 118 valence electrons. The van der Waals surface area contributed by atoms with Gasteiger partial charge in [-0.3, -0.25) is 9.48 Å². The van der Waals surface area contributed by atoms with Gasteiger partial charge in [-0.15, -0.1) is 0 Å². The minimum Gasteiger partial charge on any atom is -0.358 e. The van der Waals surface area contributed by atoms with Gasteiger partial charge in [-0.1, -0.05) is 6.92 Å². The number of rotatable bonds is 6. The molecule has 0 aromatic carbocycles. The van der Waals surface area contributed by atoms with E-state index in [9.17, 15) is 14.9 Å². The summed E-state index contributed by atoms with van der Waals surface area (Å²) in [7, 11) is 1.80. The minimum atomic E-state index is -0.545. The van der Waals surface area contributed by atoms with Crippen LogP contribution in [0, 0.1) is 23.0 Å². The molecule has 9 nitrogen and oxygen atoms in total. The van der Waals surface area contributed by atoms with Crippen molar-refractivity contribution in [3.63, 3.8) is 0 Å². The zero-order chi connectivity index (χ0) is 16.3. The number of carbonyl (C=O) groups is 1. The Morgan fingerprint density at radius 2 is 2.27 bits per heavy atom. The highest BCUT2D eigenvalue weighted by Crippen LogP contribution is 2.13. The highest BCUT2D eigenvalue weighted by molar-refractivity contribution is 5.78. The number of aromatic nitrogens is 4. The Balaban J connectivity index is 1.94. The molecule has 9 heteroatoms. The minimum absolute atomic E-state index is 0.140. The summed E-state index contributed by atoms with van der Waals surface area (Å²) in [5.41, 5.74) is 1.55. The lowest BCUT2D eigenvalue weighted by Gasteiger charge is -2.11. The van der Waals surface area contributed by atoms with E-state index in [1.807, 2.05) is 6.07 Å². The van der Waals surface area contributed by atoms with E-state index in [2.05, 4.69) is 15.5 Å². The summed E-state index contributed by atoms with van der Waals surface area (Å²) >= 11 is 0. The van der Waals surface area contributed by atoms with Crippen LogP contribution in [0.2, 0.25) is 0 Å². The summed E-state index contributed by atoms with van der Waals surface area (Å²) in [6.45, 7) is 4.15. The molecule has 0 saturated carbocycles. The van der Waals surface area contributed by atoms with E-state index < -0.39 is 4.92 Å². The third-order valence-corrected chi connectivity index (χ3v) is 3.42. The molecule has 1 N–H and O–H groups in total. The number of carbonyl (C=O) groups excluding carboxylic acids is 1. The smallest absolute Gasteiger partial charge is 0.358 e. The predicted octanol–water partition coefficient (Wildman–Crippen LogP) is 0.786. The average molecular weight is 306 g/mol. The highest BCUT2D eigenvalue weighted by atomic mass is 16.6. The van der Waals surface area contributed by atoms with E-state index in [0.717, 1.165) is 5.69 Å². The monoisotopic (exact) mass is 306 g/mol. The van der Waals surface area contributed by atoms with E-state index in [1.165, 1.54) is 10.7 Å². The van der Waals surface area contributed by atoms with Gasteiger partial charge < -0.3 is 15.4 Å². The molecule has 2 aromatic rings. The van der Waals surface area contributed by atoms with E-state index in [-0.39, 0.29) is 24.2 Å². The van der Waals surface area contributed by atoms with Gasteiger partial charge in [0.05, 0.1) is 41.6 Å². The van der Waals surface area contributed by atoms with Gasteiger partial charge in [-0.2, -0.15) is 9.78 Å². The Morgan fingerprint density at radius 3 is 2.82 bits per heavy atom. The molecule has 2 aromatic heterocycles. The first-order chi connectivity index (χ1) is 10.4. The number of aryl methyl sites for hydroxylation is 2. The van der Waals surface area contributed by atoms with Crippen molar-refractivity contribution in [1.82, 2.24) is 24.9 Å². The van der Waals surface area contributed by atoms with Crippen molar-refractivity contribution in [3.8, 4) is 0 Å². The maximum absolute atomic E-state index is 12.1. The quantitative estimate of drug-likeness (QED) is 0.627. The number of hydrogen-bond donors (Lipinski definition) is 1. The lowest BCUT2D eigenvalue weighted by atomic mass is 10.1. The molecule has 0 aliphatic heterocycles. The van der Waals surface area contributed by atoms with E-state index >= 15 is 0 Å². The largest absolute Gasteiger partial charge is 0.390 e. The molecule has 2 heterocycles. The SMILES string of the molecule is Cc1cc([N+](=O)[O-])nn1CC(C)C(=O)NCc1ccnn1C. The molecule has 2 rings (SSSR count). The summed E-state index contributed by atoms with van der Waals surface area (Å²) in [5, 5.41) is 21.4. The average Bonchev–Trinajstić information content (AvgIpc) is 3.03. The number of nitrogens with zero attached hydrogens (tertiary/aromatic N) is 5. The standard InChI is InChI=1S/C13H18N6O3/c1-9(8-18-10(2)6-12(16-18)19(21)22)13(20)14-7-11-4-5-15-17(11)3/h4-6,9H,7-8H2,1-3H3,(H,14,20). The second-order valence-corrected chi connectivity index (χ2v) is 5.15. The van der Waals surface area contributed by atoms with E-state index in [0.29, 0.717) is 12.2 Å². The molecule has 0 saturated heterocycles. The molecule has 0 aliphatic carbocycles. The van der Waals surface area contributed by atoms with Gasteiger partial charge in [-0.05, 0) is 17.9 Å². The molecule has 1 unspecified atom stereocenters. The second-order valence-electron chi connectivity index (χ2n) is 5.15. The molecular weight excluding hydrogens is 288 g/mol. The lowest BCUT2D eigenvalue weighted by Crippen LogP contribution is -2.32. The molecule has 1 atom stereocenters. The van der Waals surface area contributed by atoms with Gasteiger partial charge in [-0.25, -0.2) is 0 Å². The van der Waals surface area contributed by atoms with Crippen LogP contribution in [0.4, 0.5) is 5.82 Å². The third-order valence-electron chi connectivity index (χ3n) is 3.42. The second kappa shape index (κ2) is 6.37. The molecule has 1 amide bonds. The lowest BCUT2D eigenvalue weighted by molar-refractivity contribution is -0.389. The topological polar surface area (TPSA) is 108 Å². The van der Waals surface area contributed by atoms with E-state index in [1.54, 1.807) is 31.8 Å². The van der Waals surface area contributed by atoms with Crippen LogP contribution in [-0.2, 0) is 24.9 Å². The first-order valence-electron chi connectivity index (χ1n) is 6.82. The van der Waals surface area contributed by atoms with Crippen LogP contribution < -0.4 is 5.32 Å². The van der Waals surface area contributed by atoms with Crippen molar-refractivity contribution in [2.75, 3.05) is 0 Å². The summed E-state index contributed by atoms with van der Waals surface area (Å²) < 4.78 is 3.17. The summed E-state index contributed by atoms with van der Waals surface area (Å²) in [4.78, 5) is 22.2. The van der Waals surface area contributed by atoms with E-state index in [4.69, 9.17) is 0 Å².